The summed E-state index contributed by atoms with van der Waals surface area (Å²) in [5.41, 5.74) is 1.80. The van der Waals surface area contributed by atoms with Crippen molar-refractivity contribution < 1.29 is 14.3 Å². The maximum absolute atomic E-state index is 11.7. The lowest BCUT2D eigenvalue weighted by Gasteiger charge is -2.12. The van der Waals surface area contributed by atoms with Gasteiger partial charge in [-0.25, -0.2) is 4.79 Å². The molecule has 0 aromatic heterocycles. The van der Waals surface area contributed by atoms with Gasteiger partial charge >= 0.3 is 5.97 Å². The molecule has 3 nitrogen and oxygen atoms in total. The predicted molar refractivity (Wildman–Crippen MR) is 67.0 cm³/mol. The van der Waals surface area contributed by atoms with Crippen LogP contribution in [0.4, 0.5) is 0 Å². The first-order valence-electron chi connectivity index (χ1n) is 5.92. The second-order valence-electron chi connectivity index (χ2n) is 4.14. The van der Waals surface area contributed by atoms with Crippen molar-refractivity contribution in [3.05, 3.63) is 35.4 Å². The number of benzene rings is 1. The van der Waals surface area contributed by atoms with Gasteiger partial charge in [-0.05, 0) is 37.0 Å². The molecule has 94 valence electrons. The normalized spacial score (nSPS) is 14.1. The minimum Gasteiger partial charge on any atom is -0.432 e. The first kappa shape index (κ1) is 13.7. The van der Waals surface area contributed by atoms with Crippen molar-refractivity contribution in [3.8, 4) is 0 Å². The van der Waals surface area contributed by atoms with Gasteiger partial charge in [0.05, 0.1) is 5.56 Å². The molecule has 0 spiro atoms. The van der Waals surface area contributed by atoms with E-state index in [0.29, 0.717) is 11.5 Å². The van der Waals surface area contributed by atoms with E-state index in [0.717, 1.165) is 6.42 Å². The third kappa shape index (κ3) is 3.86. The maximum Gasteiger partial charge on any atom is 0.340 e. The summed E-state index contributed by atoms with van der Waals surface area (Å²) >= 11 is 0. The number of hydrogen-bond donors (Lipinski definition) is 0. The average molecular weight is 236 g/mol. The molecular weight excluding hydrogens is 216 g/mol. The molecule has 1 aromatic rings. The molecular formula is C14H20O3. The Labute approximate surface area is 103 Å². The van der Waals surface area contributed by atoms with Crippen LogP contribution in [-0.4, -0.2) is 19.4 Å². The quantitative estimate of drug-likeness (QED) is 0.581. The van der Waals surface area contributed by atoms with E-state index in [2.05, 4.69) is 13.8 Å². The molecule has 0 bridgehead atoms. The van der Waals surface area contributed by atoms with Crippen LogP contribution in [0.2, 0.25) is 0 Å². The fraction of sp³-hybridized carbons (Fsp3) is 0.500. The molecule has 17 heavy (non-hydrogen) atoms. The zero-order valence-corrected chi connectivity index (χ0v) is 10.9. The predicted octanol–water partition coefficient (Wildman–Crippen LogP) is 3.35. The van der Waals surface area contributed by atoms with E-state index >= 15 is 0 Å². The molecule has 0 N–H and O–H groups in total. The molecule has 0 aliphatic carbocycles. The van der Waals surface area contributed by atoms with Crippen LogP contribution >= 0.6 is 0 Å². The van der Waals surface area contributed by atoms with Crippen LogP contribution in [0.3, 0.4) is 0 Å². The van der Waals surface area contributed by atoms with Crippen LogP contribution in [0.5, 0.6) is 0 Å². The highest BCUT2D eigenvalue weighted by Gasteiger charge is 2.11. The lowest BCUT2D eigenvalue weighted by Crippen LogP contribution is -2.16. The third-order valence-electron chi connectivity index (χ3n) is 2.93. The molecule has 2 atom stereocenters. The Balaban J connectivity index is 2.70. The van der Waals surface area contributed by atoms with Crippen LogP contribution in [0.15, 0.2) is 24.3 Å². The van der Waals surface area contributed by atoms with E-state index in [4.69, 9.17) is 9.47 Å². The van der Waals surface area contributed by atoms with Crippen molar-refractivity contribution >= 4 is 5.97 Å². The van der Waals surface area contributed by atoms with E-state index < -0.39 is 6.29 Å². The average Bonchev–Trinajstić information content (AvgIpc) is 2.37. The molecule has 0 amide bonds. The Morgan fingerprint density at radius 2 is 1.82 bits per heavy atom. The number of carbonyl (C=O) groups is 1. The maximum atomic E-state index is 11.7. The minimum atomic E-state index is -0.517. The van der Waals surface area contributed by atoms with Crippen molar-refractivity contribution in [3.63, 3.8) is 0 Å². The van der Waals surface area contributed by atoms with E-state index in [1.54, 1.807) is 19.1 Å². The molecule has 1 aromatic carbocycles. The number of ether oxygens (including phenoxy) is 2. The molecule has 0 radical (unpaired) electrons. The molecule has 0 saturated heterocycles. The number of carbonyl (C=O) groups excluding carboxylic acids is 1. The van der Waals surface area contributed by atoms with E-state index in [1.165, 1.54) is 12.7 Å². The standard InChI is InChI=1S/C14H20O3/c1-5-10(2)12-6-8-13(9-7-12)14(15)17-11(3)16-4/h6-11H,5H2,1-4H3. The second kappa shape index (κ2) is 6.40. The highest BCUT2D eigenvalue weighted by Crippen LogP contribution is 2.19. The second-order valence-corrected chi connectivity index (χ2v) is 4.14. The van der Waals surface area contributed by atoms with Gasteiger partial charge in [0.15, 0.2) is 6.29 Å². The monoisotopic (exact) mass is 236 g/mol. The Morgan fingerprint density at radius 3 is 2.29 bits per heavy atom. The summed E-state index contributed by atoms with van der Waals surface area (Å²) in [5, 5.41) is 0. The van der Waals surface area contributed by atoms with Crippen molar-refractivity contribution in [1.29, 1.82) is 0 Å². The number of methoxy groups -OCH3 is 1. The summed E-state index contributed by atoms with van der Waals surface area (Å²) < 4.78 is 9.93. The van der Waals surface area contributed by atoms with Crippen molar-refractivity contribution in [2.45, 2.75) is 39.4 Å². The van der Waals surface area contributed by atoms with Gasteiger partial charge in [0.1, 0.15) is 0 Å². The zero-order valence-electron chi connectivity index (χ0n) is 10.9. The number of hydrogen-bond acceptors (Lipinski definition) is 3. The summed E-state index contributed by atoms with van der Waals surface area (Å²) in [6.45, 7) is 6.00. The van der Waals surface area contributed by atoms with E-state index in [1.807, 2.05) is 12.1 Å². The highest BCUT2D eigenvalue weighted by molar-refractivity contribution is 5.89. The van der Waals surface area contributed by atoms with Crippen molar-refractivity contribution in [2.75, 3.05) is 7.11 Å². The summed E-state index contributed by atoms with van der Waals surface area (Å²) in [6, 6.07) is 7.54. The molecule has 0 fully saturated rings. The van der Waals surface area contributed by atoms with Gasteiger partial charge < -0.3 is 9.47 Å². The molecule has 0 aliphatic rings. The SMILES string of the molecule is CCC(C)c1ccc(C(=O)OC(C)OC)cc1. The first-order valence-corrected chi connectivity index (χ1v) is 5.92. The lowest BCUT2D eigenvalue weighted by molar-refractivity contribution is -0.0773. The van der Waals surface area contributed by atoms with Gasteiger partial charge in [0.25, 0.3) is 0 Å². The van der Waals surface area contributed by atoms with Crippen LogP contribution in [-0.2, 0) is 9.47 Å². The van der Waals surface area contributed by atoms with Crippen LogP contribution in [0.25, 0.3) is 0 Å². The third-order valence-corrected chi connectivity index (χ3v) is 2.93. The Hall–Kier alpha value is -1.35. The Bertz CT molecular complexity index is 356. The summed E-state index contributed by atoms with van der Waals surface area (Å²) in [6.07, 6.45) is 0.571. The topological polar surface area (TPSA) is 35.5 Å². The summed E-state index contributed by atoms with van der Waals surface area (Å²) in [5.74, 6) is 0.160. The van der Waals surface area contributed by atoms with E-state index in [9.17, 15) is 4.79 Å². The molecule has 1 rings (SSSR count). The minimum absolute atomic E-state index is 0.352. The van der Waals surface area contributed by atoms with Gasteiger partial charge in [-0.1, -0.05) is 26.0 Å². The fourth-order valence-corrected chi connectivity index (χ4v) is 1.45. The Morgan fingerprint density at radius 1 is 1.24 bits per heavy atom. The van der Waals surface area contributed by atoms with E-state index in [-0.39, 0.29) is 5.97 Å². The molecule has 0 aliphatic heterocycles. The van der Waals surface area contributed by atoms with Crippen LogP contribution in [0.1, 0.15) is 49.0 Å². The number of esters is 1. The molecule has 3 heteroatoms. The smallest absolute Gasteiger partial charge is 0.340 e. The fourth-order valence-electron chi connectivity index (χ4n) is 1.45. The Kier molecular flexibility index (Phi) is 5.16. The summed E-state index contributed by atoms with van der Waals surface area (Å²) in [4.78, 5) is 11.7. The van der Waals surface area contributed by atoms with Crippen LogP contribution in [0, 0.1) is 0 Å². The number of rotatable bonds is 5. The van der Waals surface area contributed by atoms with Gasteiger partial charge in [-0.3, -0.25) is 0 Å². The van der Waals surface area contributed by atoms with Gasteiger partial charge in [-0.2, -0.15) is 0 Å². The largest absolute Gasteiger partial charge is 0.432 e. The van der Waals surface area contributed by atoms with Crippen molar-refractivity contribution in [2.24, 2.45) is 0 Å². The van der Waals surface area contributed by atoms with Gasteiger partial charge in [0.2, 0.25) is 0 Å². The lowest BCUT2D eigenvalue weighted by atomic mass is 9.98. The molecule has 0 heterocycles. The zero-order chi connectivity index (χ0) is 12.8. The molecule has 0 saturated carbocycles. The first-order chi connectivity index (χ1) is 8.08. The summed E-state index contributed by atoms with van der Waals surface area (Å²) in [7, 11) is 1.50. The van der Waals surface area contributed by atoms with Gasteiger partial charge in [0, 0.05) is 7.11 Å². The van der Waals surface area contributed by atoms with Gasteiger partial charge in [-0.15, -0.1) is 0 Å². The van der Waals surface area contributed by atoms with Crippen LogP contribution < -0.4 is 0 Å². The molecule has 2 unspecified atom stereocenters. The highest BCUT2D eigenvalue weighted by atomic mass is 16.7. The van der Waals surface area contributed by atoms with Crippen molar-refractivity contribution in [1.82, 2.24) is 0 Å².